The number of carbonyl (C=O) groups excluding carboxylic acids is 9. The highest BCUT2D eigenvalue weighted by Crippen LogP contribution is 2.25. The predicted octanol–water partition coefficient (Wildman–Crippen LogP) is 5.06. The van der Waals surface area contributed by atoms with Gasteiger partial charge in [-0.05, 0) is 135 Å². The van der Waals surface area contributed by atoms with E-state index >= 15 is 0 Å². The lowest BCUT2D eigenvalue weighted by Crippen LogP contribution is -2.43. The number of amides is 5. The molecule has 0 aromatic heterocycles. The number of nitrogens with one attached hydrogen (secondary N) is 7. The van der Waals surface area contributed by atoms with Gasteiger partial charge in [0.05, 0.1) is 119 Å². The van der Waals surface area contributed by atoms with E-state index in [-0.39, 0.29) is 104 Å². The lowest BCUT2D eigenvalue weighted by Gasteiger charge is -2.26. The van der Waals surface area contributed by atoms with Gasteiger partial charge < -0.3 is 110 Å². The Hall–Kier alpha value is -4.92. The molecule has 672 valence electrons. The number of nitrogens with two attached hydrogens (primary N) is 2. The molecule has 1 rings (SSSR count). The van der Waals surface area contributed by atoms with Crippen molar-refractivity contribution in [1.29, 1.82) is 0 Å². The lowest BCUT2D eigenvalue weighted by atomic mass is 9.82. The van der Waals surface area contributed by atoms with Gasteiger partial charge in [0.1, 0.15) is 23.1 Å². The van der Waals surface area contributed by atoms with Crippen molar-refractivity contribution in [3.8, 4) is 0 Å². The third-order valence-electron chi connectivity index (χ3n) is 18.5. The zero-order valence-electron chi connectivity index (χ0n) is 71.3. The standard InChI is InChI=1S/C64H120N8O17S.C18H36N2O5/c1-4-6-7-8-15-60(76)66-23-10-33-81-42-48-88-49-43-82-34-11-24-67-61(77)19-16-55(5-2)58(74)53-57(59(75)52-56(54(3)73)17-20-62(78)68-25-12-35-83-41-47-87-46-40-80-32-9-22-65)18-21-63(79)69-26-13-36-84-44-50-89-51-45-85-37-14-27-70-64(90)71-28-29-72-30-38-86-39-31-72;1-3-17(16(2)21)6-7-18(22)20-9-5-11-24-13-15-25-14-12-23-10-4-8-19/h55-57H,4-53,65H2,1-3H3,(H,66,76)(H,67,77)(H,68,78)(H,69,79)(H2,70,71,90);17H,3-15,19H2,1-2H3,(H,20,22). The van der Waals surface area contributed by atoms with Gasteiger partial charge in [-0.2, -0.15) is 0 Å². The van der Waals surface area contributed by atoms with Gasteiger partial charge in [0, 0.05) is 187 Å². The third-order valence-corrected chi connectivity index (χ3v) is 18.8. The van der Waals surface area contributed by atoms with Gasteiger partial charge in [-0.1, -0.05) is 40.0 Å². The largest absolute Gasteiger partial charge is 0.379 e. The average molecular weight is 1670 g/mol. The third kappa shape index (κ3) is 75.1. The van der Waals surface area contributed by atoms with Gasteiger partial charge in [0.2, 0.25) is 29.5 Å². The maximum atomic E-state index is 14.1. The number of ketones is 4. The summed E-state index contributed by atoms with van der Waals surface area (Å²) in [5.41, 5.74) is 10.8. The van der Waals surface area contributed by atoms with Crippen LogP contribution in [0.25, 0.3) is 0 Å². The van der Waals surface area contributed by atoms with E-state index in [0.717, 1.165) is 104 Å². The molecule has 0 radical (unpaired) electrons. The number of ether oxygens (including phenoxy) is 13. The number of hydrogen-bond donors (Lipinski definition) is 9. The van der Waals surface area contributed by atoms with Gasteiger partial charge in [0.15, 0.2) is 5.11 Å². The highest BCUT2D eigenvalue weighted by molar-refractivity contribution is 7.80. The summed E-state index contributed by atoms with van der Waals surface area (Å²) in [6.45, 7) is 30.1. The minimum atomic E-state index is -0.838. The molecule has 4 unspecified atom stereocenters. The molecule has 0 spiro atoms. The molecule has 0 aromatic carbocycles. The fraction of sp³-hybridized carbons (Fsp3) is 0.878. The van der Waals surface area contributed by atoms with E-state index in [9.17, 15) is 43.2 Å². The number of Topliss-reactive ketones (excluding diaryl/α,β-unsaturated/α-hetero) is 4. The molecular weight excluding hydrogens is 1510 g/mol. The molecule has 1 fully saturated rings. The lowest BCUT2D eigenvalue weighted by molar-refractivity contribution is -0.133. The molecule has 1 aliphatic rings. The van der Waals surface area contributed by atoms with Gasteiger partial charge in [-0.3, -0.25) is 48.1 Å². The maximum absolute atomic E-state index is 14.1. The maximum Gasteiger partial charge on any atom is 0.220 e. The number of hydrogen-bond acceptors (Lipinski definition) is 26. The number of thiocarbonyl (C=S) groups is 1. The molecule has 0 bridgehead atoms. The highest BCUT2D eigenvalue weighted by atomic mass is 32.1. The van der Waals surface area contributed by atoms with Crippen LogP contribution < -0.4 is 48.7 Å². The Morgan fingerprint density at radius 1 is 0.330 bits per heavy atom. The molecule has 1 aliphatic heterocycles. The van der Waals surface area contributed by atoms with Gasteiger partial charge in [-0.25, -0.2) is 0 Å². The highest BCUT2D eigenvalue weighted by Gasteiger charge is 2.30. The van der Waals surface area contributed by atoms with Crippen LogP contribution in [0.1, 0.15) is 195 Å². The minimum absolute atomic E-state index is 0.000134. The Morgan fingerprint density at radius 2 is 0.609 bits per heavy atom. The summed E-state index contributed by atoms with van der Waals surface area (Å²) >= 11 is 5.36. The molecule has 4 atom stereocenters. The Bertz CT molecular complexity index is 2400. The van der Waals surface area contributed by atoms with E-state index in [4.69, 9.17) is 85.3 Å². The first-order chi connectivity index (χ1) is 56.0. The molecule has 32 nitrogen and oxygen atoms in total. The summed E-state index contributed by atoms with van der Waals surface area (Å²) in [5, 5.41) is 21.5. The van der Waals surface area contributed by atoms with Crippen molar-refractivity contribution in [2.75, 3.05) is 250 Å². The van der Waals surface area contributed by atoms with E-state index in [1.165, 1.54) is 6.92 Å². The number of rotatable bonds is 84. The Balaban J connectivity index is 0.00000441. The second-order valence-corrected chi connectivity index (χ2v) is 28.7. The first-order valence-electron chi connectivity index (χ1n) is 43.1. The molecule has 1 heterocycles. The van der Waals surface area contributed by atoms with Crippen molar-refractivity contribution in [3.05, 3.63) is 0 Å². The smallest absolute Gasteiger partial charge is 0.220 e. The van der Waals surface area contributed by atoms with Crippen LogP contribution in [0.5, 0.6) is 0 Å². The van der Waals surface area contributed by atoms with Crippen molar-refractivity contribution in [1.82, 2.24) is 42.1 Å². The van der Waals surface area contributed by atoms with Crippen molar-refractivity contribution < 1.29 is 105 Å². The second-order valence-electron chi connectivity index (χ2n) is 28.3. The normalized spacial score (nSPS) is 13.2. The van der Waals surface area contributed by atoms with Crippen molar-refractivity contribution in [3.63, 3.8) is 0 Å². The van der Waals surface area contributed by atoms with Gasteiger partial charge in [-0.15, -0.1) is 0 Å². The van der Waals surface area contributed by atoms with Crippen molar-refractivity contribution >= 4 is 70.0 Å². The molecule has 5 amide bonds. The Kier molecular flexibility index (Phi) is 80.5. The quantitative estimate of drug-likeness (QED) is 0.0284. The number of nitrogens with zero attached hydrogens (tertiary/aromatic N) is 1. The molecule has 115 heavy (non-hydrogen) atoms. The monoisotopic (exact) mass is 1670 g/mol. The van der Waals surface area contributed by atoms with Crippen LogP contribution in [-0.2, 0) is 105 Å². The average Bonchev–Trinajstić information content (AvgIpc) is 0.873. The minimum Gasteiger partial charge on any atom is -0.379 e. The van der Waals surface area contributed by atoms with Crippen LogP contribution >= 0.6 is 12.2 Å². The zero-order valence-corrected chi connectivity index (χ0v) is 72.2. The summed E-state index contributed by atoms with van der Waals surface area (Å²) in [4.78, 5) is 117. The van der Waals surface area contributed by atoms with Crippen LogP contribution in [0, 0.1) is 23.7 Å². The van der Waals surface area contributed by atoms with E-state index in [1.54, 1.807) is 6.92 Å². The second kappa shape index (κ2) is 84.1. The zero-order chi connectivity index (χ0) is 84.4. The summed E-state index contributed by atoms with van der Waals surface area (Å²) in [6, 6.07) is 0. The summed E-state index contributed by atoms with van der Waals surface area (Å²) in [6.07, 6.45) is 13.3. The van der Waals surface area contributed by atoms with Crippen LogP contribution in [0.15, 0.2) is 0 Å². The summed E-state index contributed by atoms with van der Waals surface area (Å²) < 4.78 is 71.7. The first kappa shape index (κ1) is 110. The fourth-order valence-corrected chi connectivity index (χ4v) is 11.7. The molecule has 1 saturated heterocycles. The number of carbonyl (C=O) groups is 9. The van der Waals surface area contributed by atoms with Crippen LogP contribution in [-0.4, -0.2) is 313 Å². The van der Waals surface area contributed by atoms with Crippen LogP contribution in [0.3, 0.4) is 0 Å². The van der Waals surface area contributed by atoms with Crippen molar-refractivity contribution in [2.24, 2.45) is 35.1 Å². The topological polar surface area (TPSA) is 413 Å². The molecule has 11 N–H and O–H groups in total. The fourth-order valence-electron chi connectivity index (χ4n) is 11.4. The van der Waals surface area contributed by atoms with Gasteiger partial charge >= 0.3 is 0 Å². The van der Waals surface area contributed by atoms with E-state index in [2.05, 4.69) is 49.0 Å². The van der Waals surface area contributed by atoms with Crippen LogP contribution in [0.4, 0.5) is 0 Å². The number of unbranched alkanes of at least 4 members (excludes halogenated alkanes) is 3. The van der Waals surface area contributed by atoms with Crippen molar-refractivity contribution in [2.45, 2.75) is 195 Å². The van der Waals surface area contributed by atoms with Gasteiger partial charge in [0.25, 0.3) is 0 Å². The molecule has 33 heteroatoms. The van der Waals surface area contributed by atoms with E-state index < -0.39 is 17.8 Å². The van der Waals surface area contributed by atoms with E-state index in [1.807, 2.05) is 13.8 Å². The molecular formula is C82H156N10O22S. The summed E-state index contributed by atoms with van der Waals surface area (Å²) in [7, 11) is 0. The molecule has 0 aromatic rings. The van der Waals surface area contributed by atoms with E-state index in [0.29, 0.717) is 267 Å². The van der Waals surface area contributed by atoms with Crippen LogP contribution in [0.2, 0.25) is 0 Å². The predicted molar refractivity (Wildman–Crippen MR) is 447 cm³/mol. The Labute approximate surface area is 694 Å². The SMILES string of the molecule is CCC(CCC(=O)NCCCOCCOCCOCCCN)C(C)=O.CCCCCCC(=O)NCCCOCCOCCOCCCNC(=O)CCC(CC)C(=O)CC(CCC(=O)NCCCOCCOCCOCCCNC(=S)NCCN1CCOCC1)C(=O)CC(CCC(=O)NCCCOCCOCCOCCCN)C(C)=O. The molecule has 0 aliphatic carbocycles. The Morgan fingerprint density at radius 3 is 0.939 bits per heavy atom. The first-order valence-corrected chi connectivity index (χ1v) is 43.5. The number of morpholine rings is 1. The summed E-state index contributed by atoms with van der Waals surface area (Å²) in [5.74, 6) is -3.28. The molecule has 0 saturated carbocycles.